The van der Waals surface area contributed by atoms with Crippen LogP contribution in [0.4, 0.5) is 5.69 Å². The average Bonchev–Trinajstić information content (AvgIpc) is 2.41. The first-order chi connectivity index (χ1) is 10.4. The summed E-state index contributed by atoms with van der Waals surface area (Å²) in [5.41, 5.74) is 3.76. The van der Waals surface area contributed by atoms with Gasteiger partial charge in [-0.2, -0.15) is 0 Å². The van der Waals surface area contributed by atoms with E-state index >= 15 is 0 Å². The smallest absolute Gasteiger partial charge is 0.262 e. The van der Waals surface area contributed by atoms with Gasteiger partial charge in [0.1, 0.15) is 5.75 Å². The molecule has 1 N–H and O–H groups in total. The zero-order valence-corrected chi connectivity index (χ0v) is 15.0. The van der Waals surface area contributed by atoms with Gasteiger partial charge in [-0.05, 0) is 71.6 Å². The molecule has 5 heteroatoms. The van der Waals surface area contributed by atoms with E-state index < -0.39 is 0 Å². The van der Waals surface area contributed by atoms with Crippen molar-refractivity contribution in [3.63, 3.8) is 0 Å². The van der Waals surface area contributed by atoms with Gasteiger partial charge in [-0.25, -0.2) is 0 Å². The summed E-state index contributed by atoms with van der Waals surface area (Å²) >= 11 is 9.40. The largest absolute Gasteiger partial charge is 0.482 e. The minimum atomic E-state index is -0.225. The molecule has 0 fully saturated rings. The Morgan fingerprint density at radius 2 is 1.91 bits per heavy atom. The van der Waals surface area contributed by atoms with E-state index in [-0.39, 0.29) is 12.5 Å². The fourth-order valence-electron chi connectivity index (χ4n) is 2.14. The average molecular weight is 383 g/mol. The van der Waals surface area contributed by atoms with Crippen molar-refractivity contribution in [1.29, 1.82) is 0 Å². The molecular formula is C17H17BrClNO2. The van der Waals surface area contributed by atoms with E-state index in [9.17, 15) is 4.79 Å². The van der Waals surface area contributed by atoms with Crippen LogP contribution in [0.3, 0.4) is 0 Å². The molecule has 2 aromatic rings. The molecule has 116 valence electrons. The van der Waals surface area contributed by atoms with Crippen molar-refractivity contribution < 1.29 is 9.53 Å². The van der Waals surface area contributed by atoms with Crippen LogP contribution in [-0.4, -0.2) is 12.5 Å². The highest BCUT2D eigenvalue weighted by Gasteiger charge is 2.10. The van der Waals surface area contributed by atoms with Gasteiger partial charge in [0.15, 0.2) is 6.61 Å². The highest BCUT2D eigenvalue weighted by atomic mass is 79.9. The fourth-order valence-corrected chi connectivity index (χ4v) is 3.10. The molecule has 0 radical (unpaired) electrons. The van der Waals surface area contributed by atoms with Crippen LogP contribution in [0, 0.1) is 20.8 Å². The summed E-state index contributed by atoms with van der Waals surface area (Å²) in [6, 6.07) is 9.34. The second-order valence-electron chi connectivity index (χ2n) is 5.19. The monoisotopic (exact) mass is 381 g/mol. The number of hydrogen-bond acceptors (Lipinski definition) is 2. The number of carbonyl (C=O) groups is 1. The molecule has 0 unspecified atom stereocenters. The lowest BCUT2D eigenvalue weighted by Crippen LogP contribution is -2.21. The highest BCUT2D eigenvalue weighted by Crippen LogP contribution is 2.30. The number of ether oxygens (including phenoxy) is 1. The van der Waals surface area contributed by atoms with Crippen LogP contribution in [0.15, 0.2) is 34.8 Å². The Morgan fingerprint density at radius 1 is 1.18 bits per heavy atom. The van der Waals surface area contributed by atoms with Crippen molar-refractivity contribution in [3.8, 4) is 5.75 Å². The number of benzene rings is 2. The fraction of sp³-hybridized carbons (Fsp3) is 0.235. The van der Waals surface area contributed by atoms with E-state index in [0.29, 0.717) is 16.5 Å². The molecule has 0 saturated heterocycles. The summed E-state index contributed by atoms with van der Waals surface area (Å²) in [7, 11) is 0. The maximum atomic E-state index is 12.0. The molecule has 0 heterocycles. The van der Waals surface area contributed by atoms with Gasteiger partial charge >= 0.3 is 0 Å². The van der Waals surface area contributed by atoms with Gasteiger partial charge < -0.3 is 10.1 Å². The van der Waals surface area contributed by atoms with E-state index in [4.69, 9.17) is 16.3 Å². The topological polar surface area (TPSA) is 38.3 Å². The minimum Gasteiger partial charge on any atom is -0.482 e. The molecule has 1 amide bonds. The summed E-state index contributed by atoms with van der Waals surface area (Å²) in [4.78, 5) is 12.0. The molecule has 2 rings (SSSR count). The zero-order chi connectivity index (χ0) is 16.3. The van der Waals surface area contributed by atoms with Gasteiger partial charge in [-0.1, -0.05) is 23.7 Å². The molecule has 0 aliphatic rings. The third-order valence-corrected chi connectivity index (χ3v) is 4.02. The Morgan fingerprint density at radius 3 is 2.59 bits per heavy atom. The van der Waals surface area contributed by atoms with Crippen LogP contribution in [-0.2, 0) is 4.79 Å². The number of amides is 1. The third kappa shape index (κ3) is 4.24. The Labute approximate surface area is 143 Å². The first-order valence-corrected chi connectivity index (χ1v) is 7.99. The predicted molar refractivity (Wildman–Crippen MR) is 93.9 cm³/mol. The summed E-state index contributed by atoms with van der Waals surface area (Å²) in [5, 5.41) is 3.39. The predicted octanol–water partition coefficient (Wildman–Crippen LogP) is 5.05. The minimum absolute atomic E-state index is 0.0611. The summed E-state index contributed by atoms with van der Waals surface area (Å²) in [6.45, 7) is 5.81. The van der Waals surface area contributed by atoms with E-state index in [2.05, 4.69) is 21.2 Å². The van der Waals surface area contributed by atoms with Gasteiger partial charge in [-0.3, -0.25) is 4.79 Å². The van der Waals surface area contributed by atoms with Crippen molar-refractivity contribution in [1.82, 2.24) is 0 Å². The van der Waals surface area contributed by atoms with Gasteiger partial charge in [0.05, 0.1) is 4.47 Å². The first-order valence-electron chi connectivity index (χ1n) is 6.82. The number of rotatable bonds is 4. The number of halogens is 2. The van der Waals surface area contributed by atoms with Crippen LogP contribution >= 0.6 is 27.5 Å². The van der Waals surface area contributed by atoms with E-state index in [1.54, 1.807) is 12.1 Å². The summed E-state index contributed by atoms with van der Waals surface area (Å²) < 4.78 is 6.48. The van der Waals surface area contributed by atoms with Crippen LogP contribution in [0.25, 0.3) is 0 Å². The number of anilines is 1. The molecule has 3 nitrogen and oxygen atoms in total. The maximum Gasteiger partial charge on any atom is 0.262 e. The van der Waals surface area contributed by atoms with Gasteiger partial charge in [0.25, 0.3) is 5.91 Å². The molecule has 0 spiro atoms. The lowest BCUT2D eigenvalue weighted by Gasteiger charge is -2.13. The first kappa shape index (κ1) is 16.8. The Bertz CT molecular complexity index is 693. The number of nitrogens with one attached hydrogen (secondary N) is 1. The van der Waals surface area contributed by atoms with Gasteiger partial charge in [-0.15, -0.1) is 0 Å². The van der Waals surface area contributed by atoms with Crippen molar-refractivity contribution in [2.75, 3.05) is 11.9 Å². The summed E-state index contributed by atoms with van der Waals surface area (Å²) in [5.74, 6) is 0.459. The Hall–Kier alpha value is -1.52. The molecule has 0 aromatic heterocycles. The van der Waals surface area contributed by atoms with E-state index in [0.717, 1.165) is 21.2 Å². The van der Waals surface area contributed by atoms with Crippen LogP contribution in [0.1, 0.15) is 16.7 Å². The van der Waals surface area contributed by atoms with E-state index in [1.165, 1.54) is 0 Å². The molecule has 0 atom stereocenters. The number of aryl methyl sites for hydroxylation is 3. The lowest BCUT2D eigenvalue weighted by molar-refractivity contribution is -0.118. The zero-order valence-electron chi connectivity index (χ0n) is 12.7. The molecular weight excluding hydrogens is 366 g/mol. The molecule has 0 aliphatic carbocycles. The molecule has 2 aromatic carbocycles. The van der Waals surface area contributed by atoms with Gasteiger partial charge in [0.2, 0.25) is 0 Å². The molecule has 22 heavy (non-hydrogen) atoms. The highest BCUT2D eigenvalue weighted by molar-refractivity contribution is 9.10. The SMILES string of the molecule is Cc1cc(C)c(OCC(=O)Nc2cc(Cl)ccc2C)c(Br)c1. The summed E-state index contributed by atoms with van der Waals surface area (Å²) in [6.07, 6.45) is 0. The maximum absolute atomic E-state index is 12.0. The molecule has 0 saturated carbocycles. The van der Waals surface area contributed by atoms with Crippen LogP contribution in [0.2, 0.25) is 5.02 Å². The lowest BCUT2D eigenvalue weighted by atomic mass is 10.1. The normalized spacial score (nSPS) is 10.4. The Balaban J connectivity index is 2.03. The standard InChI is InChI=1S/C17H17BrClNO2/c1-10-6-12(3)17(14(18)7-10)22-9-16(21)20-15-8-13(19)5-4-11(15)2/h4-8H,9H2,1-3H3,(H,20,21). The molecule has 0 aliphatic heterocycles. The van der Waals surface area contributed by atoms with Crippen LogP contribution in [0.5, 0.6) is 5.75 Å². The van der Waals surface area contributed by atoms with Crippen LogP contribution < -0.4 is 10.1 Å². The second-order valence-corrected chi connectivity index (χ2v) is 6.48. The van der Waals surface area contributed by atoms with Crippen molar-refractivity contribution in [2.24, 2.45) is 0 Å². The Kier molecular flexibility index (Phi) is 5.48. The van der Waals surface area contributed by atoms with Crippen molar-refractivity contribution in [3.05, 3.63) is 56.5 Å². The van der Waals surface area contributed by atoms with Gasteiger partial charge in [0, 0.05) is 10.7 Å². The number of carbonyl (C=O) groups excluding carboxylic acids is 1. The van der Waals surface area contributed by atoms with E-state index in [1.807, 2.05) is 39.0 Å². The molecule has 0 bridgehead atoms. The van der Waals surface area contributed by atoms with Crippen molar-refractivity contribution >= 4 is 39.1 Å². The van der Waals surface area contributed by atoms with Crippen molar-refractivity contribution in [2.45, 2.75) is 20.8 Å². The quantitative estimate of drug-likeness (QED) is 0.804. The third-order valence-electron chi connectivity index (χ3n) is 3.19. The second kappa shape index (κ2) is 7.16. The number of hydrogen-bond donors (Lipinski definition) is 1.